The van der Waals surface area contributed by atoms with Crippen LogP contribution >= 0.6 is 0 Å². The predicted octanol–water partition coefficient (Wildman–Crippen LogP) is 2.84. The number of imide groups is 1. The number of carbonyl (C=O) groups excluding carboxylic acids is 3. The van der Waals surface area contributed by atoms with Gasteiger partial charge in [-0.05, 0) is 48.8 Å². The molecule has 1 aromatic carbocycles. The average Bonchev–Trinajstić information content (AvgIpc) is 2.83. The third kappa shape index (κ3) is 3.69. The van der Waals surface area contributed by atoms with Crippen molar-refractivity contribution in [2.75, 3.05) is 6.54 Å². The van der Waals surface area contributed by atoms with Crippen molar-refractivity contribution in [3.05, 3.63) is 40.8 Å². The first-order valence-electron chi connectivity index (χ1n) is 9.96. The Morgan fingerprint density at radius 3 is 2.67 bits per heavy atom. The highest BCUT2D eigenvalue weighted by molar-refractivity contribution is 6.09. The number of fused-ring (bicyclic) bond motifs is 1. The molecule has 0 bridgehead atoms. The number of nitrogens with zero attached hydrogens (tertiary/aromatic N) is 1. The summed E-state index contributed by atoms with van der Waals surface area (Å²) in [5.41, 5.74) is -1.29. The van der Waals surface area contributed by atoms with E-state index in [9.17, 15) is 19.2 Å². The molecule has 3 amide bonds. The van der Waals surface area contributed by atoms with Crippen LogP contribution in [0.4, 0.5) is 4.79 Å². The van der Waals surface area contributed by atoms with E-state index in [1.807, 2.05) is 0 Å². The molecule has 30 heavy (non-hydrogen) atoms. The summed E-state index contributed by atoms with van der Waals surface area (Å²) in [5, 5.41) is 3.51. The molecule has 1 N–H and O–H groups in total. The Morgan fingerprint density at radius 2 is 1.93 bits per heavy atom. The number of benzene rings is 1. The number of urea groups is 1. The third-order valence-electron chi connectivity index (χ3n) is 5.74. The largest absolute Gasteiger partial charge is 0.425 e. The van der Waals surface area contributed by atoms with E-state index < -0.39 is 29.7 Å². The lowest BCUT2D eigenvalue weighted by Gasteiger charge is -2.43. The quantitative estimate of drug-likeness (QED) is 0.360. The van der Waals surface area contributed by atoms with E-state index in [0.29, 0.717) is 18.2 Å². The number of carbonyl (C=O) groups is 3. The van der Waals surface area contributed by atoms with Gasteiger partial charge in [0.25, 0.3) is 5.91 Å². The summed E-state index contributed by atoms with van der Waals surface area (Å²) in [6, 6.07) is 6.95. The zero-order valence-corrected chi connectivity index (χ0v) is 17.2. The number of ether oxygens (including phenoxy) is 1. The van der Waals surface area contributed by atoms with E-state index in [1.165, 1.54) is 12.1 Å². The van der Waals surface area contributed by atoms with Gasteiger partial charge in [-0.2, -0.15) is 0 Å². The number of amides is 3. The van der Waals surface area contributed by atoms with Gasteiger partial charge in [0, 0.05) is 17.5 Å². The number of hydrogen-bond acceptors (Lipinski definition) is 6. The fraction of sp³-hybridized carbons (Fsp3) is 0.455. The highest BCUT2D eigenvalue weighted by Gasteiger charge is 2.56. The Balaban J connectivity index is 1.49. The second-order valence-electron chi connectivity index (χ2n) is 9.19. The summed E-state index contributed by atoms with van der Waals surface area (Å²) in [6.45, 7) is 5.74. The Bertz CT molecular complexity index is 1100. The molecule has 0 unspecified atom stereocenters. The first-order valence-corrected chi connectivity index (χ1v) is 9.96. The Kier molecular flexibility index (Phi) is 4.67. The minimum atomic E-state index is -0.967. The molecule has 0 radical (unpaired) electrons. The Morgan fingerprint density at radius 1 is 1.20 bits per heavy atom. The van der Waals surface area contributed by atoms with Crippen molar-refractivity contribution < 1.29 is 23.5 Å². The average molecular weight is 412 g/mol. The van der Waals surface area contributed by atoms with Crippen molar-refractivity contribution in [1.82, 2.24) is 10.2 Å². The van der Waals surface area contributed by atoms with Crippen molar-refractivity contribution in [1.29, 1.82) is 0 Å². The Hall–Kier alpha value is -3.16. The summed E-state index contributed by atoms with van der Waals surface area (Å²) in [4.78, 5) is 50.4. The second-order valence-corrected chi connectivity index (χ2v) is 9.19. The maximum Gasteiger partial charge on any atom is 0.336 e. The van der Waals surface area contributed by atoms with Crippen LogP contribution in [0, 0.1) is 11.3 Å². The van der Waals surface area contributed by atoms with Gasteiger partial charge in [-0.15, -0.1) is 0 Å². The van der Waals surface area contributed by atoms with Crippen molar-refractivity contribution in [3.63, 3.8) is 0 Å². The van der Waals surface area contributed by atoms with E-state index in [4.69, 9.17) is 9.15 Å². The minimum absolute atomic E-state index is 0.0911. The normalized spacial score (nSPS) is 25.6. The van der Waals surface area contributed by atoms with Gasteiger partial charge in [0.15, 0.2) is 0 Å². The molecule has 2 aliphatic rings. The van der Waals surface area contributed by atoms with Crippen LogP contribution in [0.3, 0.4) is 0 Å². The lowest BCUT2D eigenvalue weighted by Crippen LogP contribution is -2.54. The van der Waals surface area contributed by atoms with Crippen molar-refractivity contribution >= 4 is 28.9 Å². The molecule has 2 heterocycles. The zero-order chi connectivity index (χ0) is 21.7. The molecule has 2 aromatic rings. The van der Waals surface area contributed by atoms with E-state index >= 15 is 0 Å². The maximum absolute atomic E-state index is 13.1. The molecule has 2 fully saturated rings. The first-order chi connectivity index (χ1) is 14.1. The van der Waals surface area contributed by atoms with Crippen LogP contribution in [0.15, 0.2) is 39.5 Å². The monoisotopic (exact) mass is 412 g/mol. The molecule has 1 saturated heterocycles. The molecule has 2 atom stereocenters. The van der Waals surface area contributed by atoms with Crippen LogP contribution in [0.5, 0.6) is 5.75 Å². The summed E-state index contributed by atoms with van der Waals surface area (Å²) < 4.78 is 10.4. The lowest BCUT2D eigenvalue weighted by atomic mass is 9.64. The molecule has 158 valence electrons. The zero-order valence-electron chi connectivity index (χ0n) is 17.2. The van der Waals surface area contributed by atoms with Gasteiger partial charge in [-0.3, -0.25) is 9.69 Å². The van der Waals surface area contributed by atoms with Gasteiger partial charge >= 0.3 is 17.6 Å². The highest BCUT2D eigenvalue weighted by Crippen LogP contribution is 2.46. The number of hydrogen-bond donors (Lipinski definition) is 1. The summed E-state index contributed by atoms with van der Waals surface area (Å²) in [6.07, 6.45) is 2.05. The van der Waals surface area contributed by atoms with Gasteiger partial charge in [0.1, 0.15) is 23.4 Å². The first kappa shape index (κ1) is 20.1. The van der Waals surface area contributed by atoms with Gasteiger partial charge in [-0.1, -0.05) is 20.8 Å². The number of rotatable bonds is 3. The molecular weight excluding hydrogens is 388 g/mol. The third-order valence-corrected chi connectivity index (χ3v) is 5.74. The highest BCUT2D eigenvalue weighted by atomic mass is 16.5. The van der Waals surface area contributed by atoms with Gasteiger partial charge < -0.3 is 14.5 Å². The number of esters is 1. The summed E-state index contributed by atoms with van der Waals surface area (Å²) >= 11 is 0. The van der Waals surface area contributed by atoms with Crippen LogP contribution in [0.25, 0.3) is 11.0 Å². The van der Waals surface area contributed by atoms with Crippen molar-refractivity contribution in [3.8, 4) is 5.75 Å². The van der Waals surface area contributed by atoms with Crippen LogP contribution in [-0.2, 0) is 9.59 Å². The molecule has 1 aliphatic carbocycles. The fourth-order valence-electron chi connectivity index (χ4n) is 5.05. The standard InChI is InChI=1S/C22H24N2O6/c1-13-9-21(2,3)12-22(10-13)19(27)24(20(28)23-22)11-18(26)29-15-6-4-14-5-7-17(25)30-16(14)8-15/h4-8,13H,9-12H2,1-3H3,(H,23,28)/t13-,22-/m0/s1. The van der Waals surface area contributed by atoms with Crippen molar-refractivity contribution in [2.45, 2.75) is 45.6 Å². The fourth-order valence-corrected chi connectivity index (χ4v) is 5.05. The molecular formula is C22H24N2O6. The molecule has 1 aromatic heterocycles. The van der Waals surface area contributed by atoms with E-state index in [-0.39, 0.29) is 28.6 Å². The summed E-state index contributed by atoms with van der Waals surface area (Å²) in [7, 11) is 0. The van der Waals surface area contributed by atoms with Crippen molar-refractivity contribution in [2.24, 2.45) is 11.3 Å². The molecule has 8 nitrogen and oxygen atoms in total. The predicted molar refractivity (Wildman–Crippen MR) is 108 cm³/mol. The van der Waals surface area contributed by atoms with Crippen LogP contribution in [0.2, 0.25) is 0 Å². The van der Waals surface area contributed by atoms with Crippen LogP contribution in [0.1, 0.15) is 40.0 Å². The molecule has 4 rings (SSSR count). The van der Waals surface area contributed by atoms with E-state index in [1.54, 1.807) is 18.2 Å². The van der Waals surface area contributed by atoms with E-state index in [2.05, 4.69) is 26.1 Å². The molecule has 1 saturated carbocycles. The van der Waals surface area contributed by atoms with Crippen LogP contribution < -0.4 is 15.7 Å². The molecule has 1 aliphatic heterocycles. The van der Waals surface area contributed by atoms with Gasteiger partial charge in [0.05, 0.1) is 0 Å². The van der Waals surface area contributed by atoms with Gasteiger partial charge in [0.2, 0.25) is 0 Å². The number of nitrogens with one attached hydrogen (secondary N) is 1. The molecule has 1 spiro atoms. The minimum Gasteiger partial charge on any atom is -0.425 e. The second kappa shape index (κ2) is 6.97. The lowest BCUT2D eigenvalue weighted by molar-refractivity contribution is -0.142. The topological polar surface area (TPSA) is 106 Å². The summed E-state index contributed by atoms with van der Waals surface area (Å²) in [5.74, 6) is -0.696. The molecule has 8 heteroatoms. The van der Waals surface area contributed by atoms with Gasteiger partial charge in [-0.25, -0.2) is 14.4 Å². The Labute approximate surface area is 173 Å². The van der Waals surface area contributed by atoms with Crippen LogP contribution in [-0.4, -0.2) is 34.9 Å². The smallest absolute Gasteiger partial charge is 0.336 e. The maximum atomic E-state index is 13.1. The van der Waals surface area contributed by atoms with E-state index in [0.717, 1.165) is 11.3 Å². The SMILES string of the molecule is C[C@H]1CC(C)(C)C[C@]2(C1)NC(=O)N(CC(=O)Oc1ccc3ccc(=O)oc3c1)C2=O.